The second-order valence-corrected chi connectivity index (χ2v) is 13.8. The molecular formula is C48H34FN3O. The Morgan fingerprint density at radius 1 is 0.396 bits per heavy atom. The van der Waals surface area contributed by atoms with Crippen molar-refractivity contribution >= 4 is 0 Å². The maximum absolute atomic E-state index is 13.7. The summed E-state index contributed by atoms with van der Waals surface area (Å²) < 4.78 is 20.2. The number of rotatable bonds is 6. The predicted molar refractivity (Wildman–Crippen MR) is 211 cm³/mol. The first-order valence-corrected chi connectivity index (χ1v) is 17.7. The average molecular weight is 688 g/mol. The van der Waals surface area contributed by atoms with Gasteiger partial charge in [0.25, 0.3) is 0 Å². The first-order valence-electron chi connectivity index (χ1n) is 17.7. The second kappa shape index (κ2) is 13.1. The van der Waals surface area contributed by atoms with Crippen molar-refractivity contribution < 1.29 is 9.13 Å². The largest absolute Gasteiger partial charge is 0.482 e. The van der Waals surface area contributed by atoms with E-state index >= 15 is 0 Å². The Kier molecular flexibility index (Phi) is 7.97. The number of benzene rings is 7. The molecule has 0 saturated carbocycles. The molecule has 0 radical (unpaired) electrons. The van der Waals surface area contributed by atoms with Gasteiger partial charge in [-0.05, 0) is 101 Å². The van der Waals surface area contributed by atoms with Crippen LogP contribution in [0, 0.1) is 5.82 Å². The molecule has 0 unspecified atom stereocenters. The monoisotopic (exact) mass is 687 g/mol. The van der Waals surface area contributed by atoms with E-state index in [2.05, 4.69) is 111 Å². The van der Waals surface area contributed by atoms with Gasteiger partial charge in [0.05, 0.1) is 0 Å². The number of hydrogen-bond donors (Lipinski definition) is 0. The van der Waals surface area contributed by atoms with Gasteiger partial charge in [0.15, 0.2) is 17.5 Å². The topological polar surface area (TPSA) is 47.9 Å². The molecule has 9 rings (SSSR count). The molecule has 4 nitrogen and oxygen atoms in total. The molecule has 5 heteroatoms. The molecule has 8 aromatic rings. The van der Waals surface area contributed by atoms with Gasteiger partial charge in [-0.15, -0.1) is 0 Å². The summed E-state index contributed by atoms with van der Waals surface area (Å²) in [5.74, 6) is 2.24. The van der Waals surface area contributed by atoms with E-state index in [-0.39, 0.29) is 5.82 Å². The number of fused-ring (bicyclic) bond motifs is 3. The van der Waals surface area contributed by atoms with Crippen LogP contribution in [-0.2, 0) is 5.60 Å². The average Bonchev–Trinajstić information content (AvgIpc) is 3.21. The summed E-state index contributed by atoms with van der Waals surface area (Å²) in [6, 6.07) is 56.4. The number of aromatic nitrogens is 3. The lowest BCUT2D eigenvalue weighted by molar-refractivity contribution is 0.106. The van der Waals surface area contributed by atoms with E-state index in [4.69, 9.17) is 19.7 Å². The van der Waals surface area contributed by atoms with Gasteiger partial charge in [0.2, 0.25) is 0 Å². The minimum Gasteiger partial charge on any atom is -0.482 e. The van der Waals surface area contributed by atoms with Crippen molar-refractivity contribution in [2.24, 2.45) is 0 Å². The summed E-state index contributed by atoms with van der Waals surface area (Å²) in [6.45, 7) is 4.20. The third kappa shape index (κ3) is 6.27. The fraction of sp³-hybridized carbons (Fsp3) is 0.0625. The quantitative estimate of drug-likeness (QED) is 0.175. The van der Waals surface area contributed by atoms with Gasteiger partial charge in [-0.25, -0.2) is 19.3 Å². The number of halogens is 1. The Morgan fingerprint density at radius 2 is 0.849 bits per heavy atom. The van der Waals surface area contributed by atoms with E-state index < -0.39 is 5.60 Å². The van der Waals surface area contributed by atoms with Gasteiger partial charge in [0, 0.05) is 27.8 Å². The van der Waals surface area contributed by atoms with Crippen LogP contribution in [-0.4, -0.2) is 15.0 Å². The van der Waals surface area contributed by atoms with Crippen LogP contribution < -0.4 is 4.74 Å². The van der Waals surface area contributed by atoms with Crippen LogP contribution in [0.4, 0.5) is 4.39 Å². The van der Waals surface area contributed by atoms with Gasteiger partial charge in [0.1, 0.15) is 17.2 Å². The lowest BCUT2D eigenvalue weighted by Gasteiger charge is -2.35. The van der Waals surface area contributed by atoms with Crippen LogP contribution >= 0.6 is 0 Å². The maximum atomic E-state index is 13.7. The highest BCUT2D eigenvalue weighted by molar-refractivity contribution is 5.83. The fourth-order valence-corrected chi connectivity index (χ4v) is 7.11. The van der Waals surface area contributed by atoms with E-state index in [1.165, 1.54) is 12.1 Å². The summed E-state index contributed by atoms with van der Waals surface area (Å²) in [6.07, 6.45) is 0. The van der Waals surface area contributed by atoms with Crippen molar-refractivity contribution in [2.75, 3.05) is 0 Å². The number of ether oxygens (including phenoxy) is 1. The van der Waals surface area contributed by atoms with Crippen LogP contribution in [0.3, 0.4) is 0 Å². The van der Waals surface area contributed by atoms with E-state index in [0.717, 1.165) is 72.5 Å². The Morgan fingerprint density at radius 3 is 1.47 bits per heavy atom. The first-order chi connectivity index (χ1) is 25.9. The molecule has 0 N–H and O–H groups in total. The SMILES string of the molecule is CC1(C)Oc2ccc(-c3nc(-c4ccc(-c5ccc(F)cc5)cc4)nc(-c4cc(-c5ccccc5)cc(-c5ccccc5)c4)n3)cc2-c2ccccc21. The number of hydrogen-bond acceptors (Lipinski definition) is 4. The van der Waals surface area contributed by atoms with Gasteiger partial charge in [-0.3, -0.25) is 0 Å². The highest BCUT2D eigenvalue weighted by atomic mass is 19.1. The van der Waals surface area contributed by atoms with Crippen LogP contribution in [0.15, 0.2) is 170 Å². The standard InChI is InChI=1S/C48H34FN3O/c1-48(2)43-16-10-9-15-41(43)42-30-36(23-26-44(42)53-48)46-50-45(35-19-17-33(18-20-35)34-21-24-40(49)25-22-34)51-47(52-46)39-28-37(31-11-5-3-6-12-31)27-38(29-39)32-13-7-4-8-14-32/h3-30H,1-2H3. The first kappa shape index (κ1) is 32.2. The summed E-state index contributed by atoms with van der Waals surface area (Å²) in [5.41, 5.74) is 11.6. The smallest absolute Gasteiger partial charge is 0.164 e. The molecule has 1 aliphatic heterocycles. The summed E-state index contributed by atoms with van der Waals surface area (Å²) in [5, 5.41) is 0. The molecule has 53 heavy (non-hydrogen) atoms. The second-order valence-electron chi connectivity index (χ2n) is 13.8. The summed E-state index contributed by atoms with van der Waals surface area (Å²) in [7, 11) is 0. The highest BCUT2D eigenvalue weighted by Gasteiger charge is 2.32. The van der Waals surface area contributed by atoms with E-state index in [1.807, 2.05) is 48.5 Å². The van der Waals surface area contributed by atoms with Crippen LogP contribution in [0.25, 0.3) is 78.7 Å². The molecule has 254 valence electrons. The molecule has 0 atom stereocenters. The molecule has 1 aliphatic rings. The molecule has 2 heterocycles. The molecule has 1 aromatic heterocycles. The van der Waals surface area contributed by atoms with Crippen molar-refractivity contribution in [3.63, 3.8) is 0 Å². The lowest BCUT2D eigenvalue weighted by atomic mass is 9.86. The third-order valence-corrected chi connectivity index (χ3v) is 9.83. The van der Waals surface area contributed by atoms with Gasteiger partial charge in [-0.1, -0.05) is 121 Å². The predicted octanol–water partition coefficient (Wildman–Crippen LogP) is 12.3. The maximum Gasteiger partial charge on any atom is 0.164 e. The van der Waals surface area contributed by atoms with Crippen molar-refractivity contribution in [2.45, 2.75) is 19.4 Å². The number of nitrogens with zero attached hydrogens (tertiary/aromatic N) is 3. The molecule has 0 fully saturated rings. The van der Waals surface area contributed by atoms with Crippen LogP contribution in [0.1, 0.15) is 19.4 Å². The van der Waals surface area contributed by atoms with Crippen LogP contribution in [0.2, 0.25) is 0 Å². The van der Waals surface area contributed by atoms with Crippen molar-refractivity contribution in [1.29, 1.82) is 0 Å². The minimum atomic E-state index is -0.459. The summed E-state index contributed by atoms with van der Waals surface area (Å²) in [4.78, 5) is 15.4. The Bertz CT molecular complexity index is 2540. The van der Waals surface area contributed by atoms with Gasteiger partial charge >= 0.3 is 0 Å². The minimum absolute atomic E-state index is 0.261. The van der Waals surface area contributed by atoms with E-state index in [1.54, 1.807) is 12.1 Å². The molecule has 0 amide bonds. The Balaban J connectivity index is 1.22. The molecule has 0 aliphatic carbocycles. The highest BCUT2D eigenvalue weighted by Crippen LogP contribution is 2.46. The van der Waals surface area contributed by atoms with Gasteiger partial charge in [-0.2, -0.15) is 0 Å². The molecule has 0 saturated heterocycles. The van der Waals surface area contributed by atoms with Gasteiger partial charge < -0.3 is 4.74 Å². The lowest BCUT2D eigenvalue weighted by Crippen LogP contribution is -2.29. The third-order valence-electron chi connectivity index (χ3n) is 9.83. The zero-order chi connectivity index (χ0) is 35.9. The molecule has 0 bridgehead atoms. The van der Waals surface area contributed by atoms with E-state index in [0.29, 0.717) is 17.5 Å². The van der Waals surface area contributed by atoms with Crippen LogP contribution in [0.5, 0.6) is 5.75 Å². The zero-order valence-corrected chi connectivity index (χ0v) is 29.3. The normalized spacial score (nSPS) is 12.7. The van der Waals surface area contributed by atoms with Crippen molar-refractivity contribution in [3.05, 3.63) is 181 Å². The molecular weight excluding hydrogens is 654 g/mol. The Labute approximate surface area is 308 Å². The molecule has 0 spiro atoms. The van der Waals surface area contributed by atoms with E-state index in [9.17, 15) is 4.39 Å². The summed E-state index contributed by atoms with van der Waals surface area (Å²) >= 11 is 0. The molecule has 7 aromatic carbocycles. The zero-order valence-electron chi connectivity index (χ0n) is 29.3. The van der Waals surface area contributed by atoms with Crippen molar-refractivity contribution in [3.8, 4) is 84.4 Å². The fourth-order valence-electron chi connectivity index (χ4n) is 7.11. The van der Waals surface area contributed by atoms with Crippen molar-refractivity contribution in [1.82, 2.24) is 15.0 Å². The Hall–Kier alpha value is -6.72.